The summed E-state index contributed by atoms with van der Waals surface area (Å²) in [4.78, 5) is 13.1. The zero-order valence-corrected chi connectivity index (χ0v) is 12.7. The van der Waals surface area contributed by atoms with E-state index >= 15 is 0 Å². The molecule has 2 rings (SSSR count). The molecule has 5 nitrogen and oxygen atoms in total. The molecule has 0 aliphatic carbocycles. The summed E-state index contributed by atoms with van der Waals surface area (Å²) in [6, 6.07) is 6.51. The molecule has 0 radical (unpaired) electrons. The second-order valence-corrected chi connectivity index (χ2v) is 5.92. The van der Waals surface area contributed by atoms with E-state index in [9.17, 15) is 4.79 Å². The van der Waals surface area contributed by atoms with E-state index in [2.05, 4.69) is 18.7 Å². The molecule has 5 heteroatoms. The quantitative estimate of drug-likeness (QED) is 0.815. The normalized spacial score (nSPS) is 18.4. The molecule has 1 heterocycles. The van der Waals surface area contributed by atoms with Crippen LogP contribution in [0.2, 0.25) is 0 Å². The Hall–Kier alpha value is -1.59. The molecule has 0 aromatic heterocycles. The Morgan fingerprint density at radius 1 is 1.38 bits per heavy atom. The fourth-order valence-electron chi connectivity index (χ4n) is 2.48. The number of hydrogen-bond donors (Lipinski definition) is 1. The van der Waals surface area contributed by atoms with Gasteiger partial charge in [-0.2, -0.15) is 0 Å². The highest BCUT2D eigenvalue weighted by Crippen LogP contribution is 2.17. The number of carboxylic acid groups (broad SMARTS) is 1. The SMILES string of the molecule is CC1(C)CN(CCCOc2ccc(C(=O)O)cc2)CCO1. The third-order valence-electron chi connectivity index (χ3n) is 3.49. The van der Waals surface area contributed by atoms with Gasteiger partial charge in [0.15, 0.2) is 0 Å². The van der Waals surface area contributed by atoms with E-state index in [0.717, 1.165) is 32.7 Å². The van der Waals surface area contributed by atoms with Crippen molar-refractivity contribution in [3.05, 3.63) is 29.8 Å². The Bertz CT molecular complexity index is 470. The van der Waals surface area contributed by atoms with Crippen LogP contribution in [0.3, 0.4) is 0 Å². The Morgan fingerprint density at radius 3 is 2.71 bits per heavy atom. The standard InChI is InChI=1S/C16H23NO4/c1-16(2)12-17(9-11-21-16)8-3-10-20-14-6-4-13(5-7-14)15(18)19/h4-7H,3,8-12H2,1-2H3,(H,18,19). The van der Waals surface area contributed by atoms with Gasteiger partial charge in [0.05, 0.1) is 24.4 Å². The summed E-state index contributed by atoms with van der Waals surface area (Å²) in [5.74, 6) is -0.209. The smallest absolute Gasteiger partial charge is 0.335 e. The number of morpholine rings is 1. The van der Waals surface area contributed by atoms with Crippen molar-refractivity contribution < 1.29 is 19.4 Å². The predicted octanol–water partition coefficient (Wildman–Crippen LogP) is 2.26. The monoisotopic (exact) mass is 293 g/mol. The van der Waals surface area contributed by atoms with Gasteiger partial charge in [0.25, 0.3) is 0 Å². The van der Waals surface area contributed by atoms with Crippen molar-refractivity contribution in [3.63, 3.8) is 0 Å². The molecule has 1 aromatic carbocycles. The minimum atomic E-state index is -0.920. The van der Waals surface area contributed by atoms with E-state index in [1.165, 1.54) is 0 Å². The molecule has 1 fully saturated rings. The number of nitrogens with zero attached hydrogens (tertiary/aromatic N) is 1. The average molecular weight is 293 g/mol. The van der Waals surface area contributed by atoms with Crippen molar-refractivity contribution in [2.75, 3.05) is 32.8 Å². The lowest BCUT2D eigenvalue weighted by molar-refractivity contribution is -0.0864. The molecular weight excluding hydrogens is 270 g/mol. The summed E-state index contributed by atoms with van der Waals surface area (Å²) in [6.07, 6.45) is 0.941. The van der Waals surface area contributed by atoms with Crippen LogP contribution in [0.25, 0.3) is 0 Å². The van der Waals surface area contributed by atoms with E-state index in [0.29, 0.717) is 12.4 Å². The first-order valence-corrected chi connectivity index (χ1v) is 7.29. The average Bonchev–Trinajstić information content (AvgIpc) is 2.43. The molecule has 0 bridgehead atoms. The van der Waals surface area contributed by atoms with Crippen LogP contribution in [-0.2, 0) is 4.74 Å². The van der Waals surface area contributed by atoms with E-state index in [1.807, 2.05) is 0 Å². The lowest BCUT2D eigenvalue weighted by atomic mass is 10.1. The molecule has 0 atom stereocenters. The van der Waals surface area contributed by atoms with E-state index in [4.69, 9.17) is 14.6 Å². The highest BCUT2D eigenvalue weighted by Gasteiger charge is 2.26. The summed E-state index contributed by atoms with van der Waals surface area (Å²) >= 11 is 0. The van der Waals surface area contributed by atoms with Crippen LogP contribution in [0.1, 0.15) is 30.6 Å². The van der Waals surface area contributed by atoms with Gasteiger partial charge >= 0.3 is 5.97 Å². The van der Waals surface area contributed by atoms with E-state index < -0.39 is 5.97 Å². The molecule has 1 aliphatic rings. The van der Waals surface area contributed by atoms with Crippen LogP contribution >= 0.6 is 0 Å². The van der Waals surface area contributed by atoms with Crippen LogP contribution in [0.4, 0.5) is 0 Å². The van der Waals surface area contributed by atoms with Crippen molar-refractivity contribution >= 4 is 5.97 Å². The number of rotatable bonds is 6. The van der Waals surface area contributed by atoms with Crippen LogP contribution in [0.15, 0.2) is 24.3 Å². The van der Waals surface area contributed by atoms with Crippen LogP contribution in [-0.4, -0.2) is 54.4 Å². The van der Waals surface area contributed by atoms with Crippen LogP contribution in [0.5, 0.6) is 5.75 Å². The van der Waals surface area contributed by atoms with Gasteiger partial charge in [0.1, 0.15) is 5.75 Å². The zero-order chi connectivity index (χ0) is 15.3. The van der Waals surface area contributed by atoms with Gasteiger partial charge in [0.2, 0.25) is 0 Å². The Balaban J connectivity index is 1.68. The van der Waals surface area contributed by atoms with Gasteiger partial charge < -0.3 is 14.6 Å². The van der Waals surface area contributed by atoms with E-state index in [-0.39, 0.29) is 11.2 Å². The molecule has 0 spiro atoms. The highest BCUT2D eigenvalue weighted by atomic mass is 16.5. The lowest BCUT2D eigenvalue weighted by Gasteiger charge is -2.38. The summed E-state index contributed by atoms with van der Waals surface area (Å²) in [7, 11) is 0. The second kappa shape index (κ2) is 6.91. The third kappa shape index (κ3) is 5.02. The molecule has 1 aromatic rings. The first-order valence-electron chi connectivity index (χ1n) is 7.29. The summed E-state index contributed by atoms with van der Waals surface area (Å²) in [5.41, 5.74) is 0.212. The van der Waals surface area contributed by atoms with Crippen LogP contribution in [0, 0.1) is 0 Å². The Labute approximate surface area is 125 Å². The molecule has 0 saturated carbocycles. The maximum Gasteiger partial charge on any atom is 0.335 e. The van der Waals surface area contributed by atoms with Crippen molar-refractivity contribution in [1.29, 1.82) is 0 Å². The van der Waals surface area contributed by atoms with Gasteiger partial charge in [-0.05, 0) is 44.5 Å². The van der Waals surface area contributed by atoms with Crippen LogP contribution < -0.4 is 4.74 Å². The summed E-state index contributed by atoms with van der Waals surface area (Å²) < 4.78 is 11.3. The first kappa shape index (κ1) is 15.8. The number of carbonyl (C=O) groups is 1. The molecule has 1 N–H and O–H groups in total. The van der Waals surface area contributed by atoms with Crippen molar-refractivity contribution in [1.82, 2.24) is 4.90 Å². The minimum Gasteiger partial charge on any atom is -0.494 e. The van der Waals surface area contributed by atoms with Gasteiger partial charge in [-0.3, -0.25) is 4.90 Å². The fourth-order valence-corrected chi connectivity index (χ4v) is 2.48. The number of ether oxygens (including phenoxy) is 2. The van der Waals surface area contributed by atoms with Gasteiger partial charge in [-0.25, -0.2) is 4.79 Å². The zero-order valence-electron chi connectivity index (χ0n) is 12.7. The second-order valence-electron chi connectivity index (χ2n) is 5.92. The molecule has 21 heavy (non-hydrogen) atoms. The number of carboxylic acids is 1. The number of benzene rings is 1. The first-order chi connectivity index (χ1) is 9.96. The molecule has 0 amide bonds. The number of hydrogen-bond acceptors (Lipinski definition) is 4. The Kier molecular flexibility index (Phi) is 5.20. The number of aromatic carboxylic acids is 1. The summed E-state index contributed by atoms with van der Waals surface area (Å²) in [6.45, 7) is 8.53. The molecular formula is C16H23NO4. The highest BCUT2D eigenvalue weighted by molar-refractivity contribution is 5.87. The van der Waals surface area contributed by atoms with E-state index in [1.54, 1.807) is 24.3 Å². The van der Waals surface area contributed by atoms with Crippen molar-refractivity contribution in [2.24, 2.45) is 0 Å². The Morgan fingerprint density at radius 2 is 2.10 bits per heavy atom. The maximum absolute atomic E-state index is 10.7. The largest absolute Gasteiger partial charge is 0.494 e. The summed E-state index contributed by atoms with van der Waals surface area (Å²) in [5, 5.41) is 8.82. The van der Waals surface area contributed by atoms with Gasteiger partial charge in [-0.15, -0.1) is 0 Å². The van der Waals surface area contributed by atoms with Gasteiger partial charge in [0, 0.05) is 19.6 Å². The topological polar surface area (TPSA) is 59.0 Å². The third-order valence-corrected chi connectivity index (χ3v) is 3.49. The maximum atomic E-state index is 10.7. The molecule has 116 valence electrons. The molecule has 1 saturated heterocycles. The lowest BCUT2D eigenvalue weighted by Crippen LogP contribution is -2.48. The fraction of sp³-hybridized carbons (Fsp3) is 0.562. The van der Waals surface area contributed by atoms with Gasteiger partial charge in [-0.1, -0.05) is 0 Å². The molecule has 1 aliphatic heterocycles. The predicted molar refractivity (Wildman–Crippen MR) is 80.0 cm³/mol. The van der Waals surface area contributed by atoms with Crippen molar-refractivity contribution in [3.8, 4) is 5.75 Å². The molecule has 0 unspecified atom stereocenters. The van der Waals surface area contributed by atoms with Crippen molar-refractivity contribution in [2.45, 2.75) is 25.9 Å². The minimum absolute atomic E-state index is 0.0637.